The predicted octanol–water partition coefficient (Wildman–Crippen LogP) is 2.61. The fourth-order valence-corrected chi connectivity index (χ4v) is 2.20. The van der Waals surface area contributed by atoms with Gasteiger partial charge in [-0.2, -0.15) is 0 Å². The van der Waals surface area contributed by atoms with Gasteiger partial charge in [0.2, 0.25) is 0 Å². The number of furan rings is 1. The van der Waals surface area contributed by atoms with E-state index in [1.54, 1.807) is 27.6 Å². The van der Waals surface area contributed by atoms with E-state index in [1.807, 2.05) is 31.3 Å². The Morgan fingerprint density at radius 2 is 1.70 bits per heavy atom. The topological polar surface area (TPSA) is 52.9 Å². The molecular formula is C15H19NO4. The molecule has 0 radical (unpaired) electrons. The summed E-state index contributed by atoms with van der Waals surface area (Å²) in [6.45, 7) is 0. The molecule has 1 unspecified atom stereocenters. The molecule has 0 saturated heterocycles. The molecule has 1 heterocycles. The van der Waals surface area contributed by atoms with Crippen LogP contribution in [0.15, 0.2) is 34.9 Å². The molecule has 108 valence electrons. The van der Waals surface area contributed by atoms with Gasteiger partial charge in [-0.1, -0.05) is 0 Å². The van der Waals surface area contributed by atoms with Crippen LogP contribution in [0.4, 0.5) is 0 Å². The van der Waals surface area contributed by atoms with Crippen LogP contribution in [-0.4, -0.2) is 28.4 Å². The van der Waals surface area contributed by atoms with Crippen LogP contribution in [0, 0.1) is 0 Å². The van der Waals surface area contributed by atoms with Crippen molar-refractivity contribution in [2.75, 3.05) is 28.4 Å². The van der Waals surface area contributed by atoms with Crippen molar-refractivity contribution in [3.05, 3.63) is 41.9 Å². The van der Waals surface area contributed by atoms with E-state index < -0.39 is 0 Å². The molecular weight excluding hydrogens is 258 g/mol. The Kier molecular flexibility index (Phi) is 4.53. The van der Waals surface area contributed by atoms with Gasteiger partial charge in [-0.15, -0.1) is 0 Å². The zero-order chi connectivity index (χ0) is 14.5. The van der Waals surface area contributed by atoms with Crippen molar-refractivity contribution in [1.29, 1.82) is 0 Å². The fourth-order valence-electron chi connectivity index (χ4n) is 2.20. The maximum Gasteiger partial charge on any atom is 0.131 e. The van der Waals surface area contributed by atoms with Gasteiger partial charge in [-0.3, -0.25) is 0 Å². The van der Waals surface area contributed by atoms with E-state index in [4.69, 9.17) is 18.6 Å². The van der Waals surface area contributed by atoms with Crippen molar-refractivity contribution in [1.82, 2.24) is 5.32 Å². The van der Waals surface area contributed by atoms with Crippen molar-refractivity contribution in [3.63, 3.8) is 0 Å². The zero-order valence-corrected chi connectivity index (χ0v) is 12.1. The average molecular weight is 277 g/mol. The molecule has 0 spiro atoms. The number of ether oxygens (including phenoxy) is 3. The Bertz CT molecular complexity index is 526. The standard InChI is InChI=1S/C15H19NO4/c1-16-15(11-6-5-7-20-11)14-12(18-3)8-10(17-2)9-13(14)19-4/h5-9,15-16H,1-4H3. The van der Waals surface area contributed by atoms with E-state index in [2.05, 4.69) is 5.32 Å². The summed E-state index contributed by atoms with van der Waals surface area (Å²) < 4.78 is 21.7. The largest absolute Gasteiger partial charge is 0.496 e. The lowest BCUT2D eigenvalue weighted by molar-refractivity contribution is 0.357. The van der Waals surface area contributed by atoms with Crippen LogP contribution in [0.3, 0.4) is 0 Å². The van der Waals surface area contributed by atoms with Gasteiger partial charge in [0.25, 0.3) is 0 Å². The van der Waals surface area contributed by atoms with Crippen LogP contribution in [0.1, 0.15) is 17.4 Å². The molecule has 2 rings (SSSR count). The second-order valence-corrected chi connectivity index (χ2v) is 4.18. The SMILES string of the molecule is CNC(c1ccco1)c1c(OC)cc(OC)cc1OC. The van der Waals surface area contributed by atoms with Gasteiger partial charge in [-0.25, -0.2) is 0 Å². The van der Waals surface area contributed by atoms with Gasteiger partial charge >= 0.3 is 0 Å². The van der Waals surface area contributed by atoms with Crippen LogP contribution in [-0.2, 0) is 0 Å². The zero-order valence-electron chi connectivity index (χ0n) is 12.1. The summed E-state index contributed by atoms with van der Waals surface area (Å²) >= 11 is 0. The minimum Gasteiger partial charge on any atom is -0.496 e. The Labute approximate surface area is 118 Å². The molecule has 1 atom stereocenters. The van der Waals surface area contributed by atoms with Gasteiger partial charge in [0.15, 0.2) is 0 Å². The molecule has 0 saturated carbocycles. The third-order valence-electron chi connectivity index (χ3n) is 3.16. The number of rotatable bonds is 6. The number of hydrogen-bond acceptors (Lipinski definition) is 5. The second kappa shape index (κ2) is 6.34. The maximum absolute atomic E-state index is 5.49. The maximum atomic E-state index is 5.49. The summed E-state index contributed by atoms with van der Waals surface area (Å²) in [6, 6.07) is 7.24. The van der Waals surface area contributed by atoms with Gasteiger partial charge in [0, 0.05) is 12.1 Å². The summed E-state index contributed by atoms with van der Waals surface area (Å²) in [5.74, 6) is 2.82. The third-order valence-corrected chi connectivity index (χ3v) is 3.16. The van der Waals surface area contributed by atoms with Gasteiger partial charge in [0.05, 0.1) is 39.2 Å². The van der Waals surface area contributed by atoms with Crippen LogP contribution in [0.2, 0.25) is 0 Å². The highest BCUT2D eigenvalue weighted by atomic mass is 16.5. The van der Waals surface area contributed by atoms with Crippen LogP contribution in [0.25, 0.3) is 0 Å². The molecule has 2 aromatic rings. The molecule has 20 heavy (non-hydrogen) atoms. The highest BCUT2D eigenvalue weighted by molar-refractivity contribution is 5.54. The molecule has 0 aliphatic heterocycles. The fraction of sp³-hybridized carbons (Fsp3) is 0.333. The van der Waals surface area contributed by atoms with Crippen LogP contribution >= 0.6 is 0 Å². The lowest BCUT2D eigenvalue weighted by atomic mass is 10.0. The Morgan fingerprint density at radius 3 is 2.10 bits per heavy atom. The molecule has 1 aromatic carbocycles. The molecule has 0 fully saturated rings. The quantitative estimate of drug-likeness (QED) is 0.879. The molecule has 0 bridgehead atoms. The van der Waals surface area contributed by atoms with Gasteiger partial charge < -0.3 is 23.9 Å². The normalized spacial score (nSPS) is 12.0. The first kappa shape index (κ1) is 14.3. The molecule has 1 N–H and O–H groups in total. The number of hydrogen-bond donors (Lipinski definition) is 1. The summed E-state index contributed by atoms with van der Waals surface area (Å²) in [6.07, 6.45) is 1.64. The van der Waals surface area contributed by atoms with Crippen molar-refractivity contribution in [2.24, 2.45) is 0 Å². The van der Waals surface area contributed by atoms with Gasteiger partial charge in [0.1, 0.15) is 23.0 Å². The first-order chi connectivity index (χ1) is 9.74. The van der Waals surface area contributed by atoms with Crippen molar-refractivity contribution in [3.8, 4) is 17.2 Å². The summed E-state index contributed by atoms with van der Waals surface area (Å²) in [4.78, 5) is 0. The third kappa shape index (κ3) is 2.58. The lowest BCUT2D eigenvalue weighted by Gasteiger charge is -2.21. The van der Waals surface area contributed by atoms with E-state index in [-0.39, 0.29) is 6.04 Å². The Hall–Kier alpha value is -2.14. The molecule has 0 aliphatic carbocycles. The first-order valence-electron chi connectivity index (χ1n) is 6.25. The number of methoxy groups -OCH3 is 3. The molecule has 0 aliphatic rings. The molecule has 0 amide bonds. The minimum absolute atomic E-state index is 0.166. The van der Waals surface area contributed by atoms with E-state index >= 15 is 0 Å². The predicted molar refractivity (Wildman–Crippen MR) is 75.7 cm³/mol. The summed E-state index contributed by atoms with van der Waals surface area (Å²) in [5, 5.41) is 3.21. The summed E-state index contributed by atoms with van der Waals surface area (Å²) in [5.41, 5.74) is 0.869. The molecule has 5 nitrogen and oxygen atoms in total. The Morgan fingerprint density at radius 1 is 1.05 bits per heavy atom. The smallest absolute Gasteiger partial charge is 0.131 e. The highest BCUT2D eigenvalue weighted by Crippen LogP contribution is 2.40. The second-order valence-electron chi connectivity index (χ2n) is 4.18. The van der Waals surface area contributed by atoms with E-state index in [0.717, 1.165) is 11.3 Å². The van der Waals surface area contributed by atoms with E-state index in [1.165, 1.54) is 0 Å². The minimum atomic E-state index is -0.166. The van der Waals surface area contributed by atoms with Crippen molar-refractivity contribution >= 4 is 0 Å². The van der Waals surface area contributed by atoms with Crippen LogP contribution in [0.5, 0.6) is 17.2 Å². The first-order valence-corrected chi connectivity index (χ1v) is 6.25. The highest BCUT2D eigenvalue weighted by Gasteiger charge is 2.24. The average Bonchev–Trinajstić information content (AvgIpc) is 3.01. The monoisotopic (exact) mass is 277 g/mol. The molecule has 5 heteroatoms. The van der Waals surface area contributed by atoms with E-state index in [0.29, 0.717) is 17.2 Å². The lowest BCUT2D eigenvalue weighted by Crippen LogP contribution is -2.19. The van der Waals surface area contributed by atoms with Gasteiger partial charge in [-0.05, 0) is 19.2 Å². The van der Waals surface area contributed by atoms with Crippen LogP contribution < -0.4 is 19.5 Å². The summed E-state index contributed by atoms with van der Waals surface area (Å²) in [7, 11) is 6.70. The number of nitrogens with one attached hydrogen (secondary N) is 1. The Balaban J connectivity index is 2.58. The molecule has 1 aromatic heterocycles. The van der Waals surface area contributed by atoms with E-state index in [9.17, 15) is 0 Å². The number of benzene rings is 1. The van der Waals surface area contributed by atoms with Crippen molar-refractivity contribution in [2.45, 2.75) is 6.04 Å². The van der Waals surface area contributed by atoms with Crippen molar-refractivity contribution < 1.29 is 18.6 Å².